The quantitative estimate of drug-likeness (QED) is 0.260. The molecule has 1 unspecified atom stereocenters. The van der Waals surface area contributed by atoms with E-state index < -0.39 is 10.8 Å². The van der Waals surface area contributed by atoms with Crippen molar-refractivity contribution in [2.24, 2.45) is 4.99 Å². The molecule has 0 saturated carbocycles. The minimum atomic E-state index is -0.960. The maximum absolute atomic E-state index is 12.1. The van der Waals surface area contributed by atoms with Gasteiger partial charge in [-0.15, -0.1) is 24.0 Å². The zero-order chi connectivity index (χ0) is 15.3. The van der Waals surface area contributed by atoms with Crippen LogP contribution in [0.15, 0.2) is 40.2 Å². The fourth-order valence-corrected chi connectivity index (χ4v) is 3.23. The molecule has 0 saturated heterocycles. The third-order valence-corrected chi connectivity index (χ3v) is 4.95. The minimum Gasteiger partial charge on any atom is -0.356 e. The second-order valence-electron chi connectivity index (χ2n) is 4.49. The van der Waals surface area contributed by atoms with Crippen LogP contribution in [0.1, 0.15) is 12.8 Å². The van der Waals surface area contributed by atoms with E-state index in [0.29, 0.717) is 12.3 Å². The summed E-state index contributed by atoms with van der Waals surface area (Å²) in [6, 6.07) is 9.55. The molecular formula is C15H26IN3OS2. The van der Waals surface area contributed by atoms with E-state index in [2.05, 4.69) is 21.9 Å². The number of hydrogen-bond donors (Lipinski definition) is 2. The van der Waals surface area contributed by atoms with E-state index in [1.54, 1.807) is 7.05 Å². The van der Waals surface area contributed by atoms with Crippen LogP contribution in [0, 0.1) is 0 Å². The largest absolute Gasteiger partial charge is 0.356 e. The monoisotopic (exact) mass is 455 g/mol. The minimum absolute atomic E-state index is 0. The maximum atomic E-state index is 12.1. The summed E-state index contributed by atoms with van der Waals surface area (Å²) in [5, 5.41) is 6.47. The van der Waals surface area contributed by atoms with Gasteiger partial charge in [0.2, 0.25) is 0 Å². The summed E-state index contributed by atoms with van der Waals surface area (Å²) in [5.74, 6) is 2.56. The summed E-state index contributed by atoms with van der Waals surface area (Å²) >= 11 is 1.87. The Morgan fingerprint density at radius 1 is 1.18 bits per heavy atom. The summed E-state index contributed by atoms with van der Waals surface area (Å²) in [6.45, 7) is 1.56. The van der Waals surface area contributed by atoms with Crippen molar-refractivity contribution in [1.29, 1.82) is 0 Å². The summed E-state index contributed by atoms with van der Waals surface area (Å²) in [6.07, 6.45) is 4.47. The Hall–Kier alpha value is -0.280. The molecular weight excluding hydrogens is 429 g/mol. The van der Waals surface area contributed by atoms with Gasteiger partial charge >= 0.3 is 0 Å². The Balaban J connectivity index is 0.00000441. The molecule has 0 aliphatic rings. The van der Waals surface area contributed by atoms with E-state index >= 15 is 0 Å². The lowest BCUT2D eigenvalue weighted by Gasteiger charge is -2.11. The third kappa shape index (κ3) is 9.68. The number of thioether (sulfide) groups is 1. The molecule has 7 heteroatoms. The molecule has 0 spiro atoms. The van der Waals surface area contributed by atoms with Gasteiger partial charge in [-0.1, -0.05) is 18.2 Å². The van der Waals surface area contributed by atoms with Crippen molar-refractivity contribution in [3.8, 4) is 0 Å². The summed E-state index contributed by atoms with van der Waals surface area (Å²) < 4.78 is 12.1. The van der Waals surface area contributed by atoms with Crippen molar-refractivity contribution in [2.45, 2.75) is 17.7 Å². The average Bonchev–Trinajstić information content (AvgIpc) is 2.53. The Kier molecular flexibility index (Phi) is 14.1. The van der Waals surface area contributed by atoms with Gasteiger partial charge in [-0.25, -0.2) is 0 Å². The first kappa shape index (κ1) is 21.7. The molecule has 0 radical (unpaired) electrons. The fourth-order valence-electron chi connectivity index (χ4n) is 1.75. The maximum Gasteiger partial charge on any atom is 0.191 e. The molecule has 0 fully saturated rings. The summed E-state index contributed by atoms with van der Waals surface area (Å²) in [4.78, 5) is 5.04. The molecule has 1 atom stereocenters. The van der Waals surface area contributed by atoms with Crippen molar-refractivity contribution < 1.29 is 4.21 Å². The zero-order valence-electron chi connectivity index (χ0n) is 13.2. The average molecular weight is 455 g/mol. The Labute approximate surface area is 157 Å². The lowest BCUT2D eigenvalue weighted by Crippen LogP contribution is -2.39. The normalized spacial score (nSPS) is 12.4. The van der Waals surface area contributed by atoms with Gasteiger partial charge in [-0.3, -0.25) is 9.20 Å². The molecule has 0 heterocycles. The molecule has 2 N–H and O–H groups in total. The van der Waals surface area contributed by atoms with Gasteiger partial charge in [0, 0.05) is 30.8 Å². The molecule has 1 aromatic rings. The van der Waals surface area contributed by atoms with Gasteiger partial charge in [-0.2, -0.15) is 11.8 Å². The number of aliphatic imine (C=N–C) groups is 1. The number of nitrogens with one attached hydrogen (secondary N) is 2. The Bertz CT molecular complexity index is 444. The Morgan fingerprint density at radius 2 is 1.86 bits per heavy atom. The van der Waals surface area contributed by atoms with Crippen molar-refractivity contribution in [3.63, 3.8) is 0 Å². The highest BCUT2D eigenvalue weighted by molar-refractivity contribution is 14.0. The lowest BCUT2D eigenvalue weighted by molar-refractivity contribution is 0.680. The van der Waals surface area contributed by atoms with E-state index in [-0.39, 0.29) is 24.0 Å². The van der Waals surface area contributed by atoms with E-state index in [9.17, 15) is 4.21 Å². The highest BCUT2D eigenvalue weighted by Crippen LogP contribution is 2.04. The molecule has 22 heavy (non-hydrogen) atoms. The van der Waals surface area contributed by atoms with Gasteiger partial charge in [0.25, 0.3) is 0 Å². The van der Waals surface area contributed by atoms with Crippen molar-refractivity contribution in [1.82, 2.24) is 10.6 Å². The third-order valence-electron chi connectivity index (χ3n) is 2.88. The van der Waals surface area contributed by atoms with Crippen LogP contribution in [0.5, 0.6) is 0 Å². The molecule has 0 aromatic heterocycles. The van der Waals surface area contributed by atoms with Crippen molar-refractivity contribution >= 4 is 52.5 Å². The van der Waals surface area contributed by atoms with Gasteiger partial charge < -0.3 is 10.6 Å². The molecule has 1 rings (SSSR count). The predicted molar refractivity (Wildman–Crippen MR) is 110 cm³/mol. The number of nitrogens with zero attached hydrogens (tertiary/aromatic N) is 1. The number of unbranched alkanes of at least 4 members (excludes halogenated alkanes) is 1. The first-order valence-electron chi connectivity index (χ1n) is 7.15. The number of guanidine groups is 1. The number of benzene rings is 1. The molecule has 0 aliphatic carbocycles. The van der Waals surface area contributed by atoms with Crippen LogP contribution >= 0.6 is 35.7 Å². The molecule has 1 aromatic carbocycles. The summed E-state index contributed by atoms with van der Waals surface area (Å²) in [7, 11) is 0.795. The number of rotatable bonds is 9. The van der Waals surface area contributed by atoms with E-state index in [4.69, 9.17) is 0 Å². The van der Waals surface area contributed by atoms with Gasteiger partial charge in [-0.05, 0) is 37.0 Å². The molecule has 0 amide bonds. The van der Waals surface area contributed by atoms with Gasteiger partial charge in [0.15, 0.2) is 5.96 Å². The molecule has 0 aliphatic heterocycles. The van der Waals surface area contributed by atoms with Crippen LogP contribution < -0.4 is 10.6 Å². The summed E-state index contributed by atoms with van der Waals surface area (Å²) in [5.41, 5.74) is 0. The topological polar surface area (TPSA) is 53.5 Å². The van der Waals surface area contributed by atoms with Gasteiger partial charge in [0.1, 0.15) is 0 Å². The van der Waals surface area contributed by atoms with E-state index in [1.807, 2.05) is 42.1 Å². The standard InChI is InChI=1S/C15H25N3OS2.HI/c1-16-15(17-10-6-7-12-20-2)18-11-13-21(19)14-8-4-3-5-9-14;/h3-5,8-9H,6-7,10-13H2,1-2H3,(H2,16,17,18);1H. The number of halogens is 1. The van der Waals surface area contributed by atoms with Crippen LogP contribution in [0.2, 0.25) is 0 Å². The fraction of sp³-hybridized carbons (Fsp3) is 0.533. The zero-order valence-corrected chi connectivity index (χ0v) is 17.2. The second-order valence-corrected chi connectivity index (χ2v) is 7.04. The SMILES string of the molecule is CN=C(NCCCCSC)NCCS(=O)c1ccccc1.I. The molecule has 0 bridgehead atoms. The highest BCUT2D eigenvalue weighted by atomic mass is 127. The number of hydrogen-bond acceptors (Lipinski definition) is 3. The van der Waals surface area contributed by atoms with Gasteiger partial charge in [0.05, 0.1) is 10.8 Å². The first-order valence-corrected chi connectivity index (χ1v) is 9.86. The molecule has 126 valence electrons. The van der Waals surface area contributed by atoms with Crippen molar-refractivity contribution in [2.75, 3.05) is 37.9 Å². The van der Waals surface area contributed by atoms with Crippen LogP contribution in [0.25, 0.3) is 0 Å². The van der Waals surface area contributed by atoms with E-state index in [1.165, 1.54) is 12.2 Å². The first-order chi connectivity index (χ1) is 10.3. The van der Waals surface area contributed by atoms with E-state index in [0.717, 1.165) is 23.8 Å². The predicted octanol–water partition coefficient (Wildman–Crippen LogP) is 2.72. The van der Waals surface area contributed by atoms with Crippen LogP contribution in [-0.4, -0.2) is 48.1 Å². The highest BCUT2D eigenvalue weighted by Gasteiger charge is 2.03. The van der Waals surface area contributed by atoms with Crippen LogP contribution in [0.4, 0.5) is 0 Å². The van der Waals surface area contributed by atoms with Crippen LogP contribution in [-0.2, 0) is 10.8 Å². The Morgan fingerprint density at radius 3 is 2.50 bits per heavy atom. The smallest absolute Gasteiger partial charge is 0.191 e. The van der Waals surface area contributed by atoms with Crippen LogP contribution in [0.3, 0.4) is 0 Å². The molecule has 4 nitrogen and oxygen atoms in total. The second kappa shape index (κ2) is 14.3. The van der Waals surface area contributed by atoms with Crippen molar-refractivity contribution in [3.05, 3.63) is 30.3 Å². The lowest BCUT2D eigenvalue weighted by atomic mass is 10.3.